The number of nitrogens with one attached hydrogen (secondary N) is 1. The summed E-state index contributed by atoms with van der Waals surface area (Å²) in [5, 5.41) is 7.35. The molecule has 162 valence electrons. The van der Waals surface area contributed by atoms with Crippen LogP contribution in [-0.2, 0) is 6.54 Å². The molecule has 1 aromatic carbocycles. The van der Waals surface area contributed by atoms with Crippen LogP contribution in [0.5, 0.6) is 5.75 Å². The van der Waals surface area contributed by atoms with Crippen LogP contribution in [0.2, 0.25) is 0 Å². The number of anilines is 1. The Morgan fingerprint density at radius 1 is 1.19 bits per heavy atom. The summed E-state index contributed by atoms with van der Waals surface area (Å²) in [6.45, 7) is 6.82. The minimum absolute atomic E-state index is 0.223. The molecule has 1 aliphatic rings. The van der Waals surface area contributed by atoms with Gasteiger partial charge in [0.2, 0.25) is 0 Å². The fourth-order valence-corrected chi connectivity index (χ4v) is 3.78. The lowest BCUT2D eigenvalue weighted by atomic mass is 9.99. The molecule has 7 nitrogen and oxygen atoms in total. The smallest absolute Gasteiger partial charge is 0.272 e. The third-order valence-electron chi connectivity index (χ3n) is 5.77. The van der Waals surface area contributed by atoms with E-state index in [-0.39, 0.29) is 5.91 Å². The molecule has 1 saturated heterocycles. The van der Waals surface area contributed by atoms with E-state index in [1.807, 2.05) is 43.5 Å². The second-order valence-corrected chi connectivity index (χ2v) is 8.20. The zero-order valence-electron chi connectivity index (χ0n) is 18.3. The van der Waals surface area contributed by atoms with Gasteiger partial charge in [0.05, 0.1) is 7.11 Å². The van der Waals surface area contributed by atoms with E-state index in [1.165, 1.54) is 12.8 Å². The largest absolute Gasteiger partial charge is 0.494 e. The van der Waals surface area contributed by atoms with Crippen molar-refractivity contribution in [3.05, 3.63) is 65.6 Å². The second-order valence-electron chi connectivity index (χ2n) is 8.20. The Labute approximate surface area is 183 Å². The second kappa shape index (κ2) is 9.20. The van der Waals surface area contributed by atoms with Crippen LogP contribution in [0.4, 0.5) is 5.82 Å². The highest BCUT2D eigenvalue weighted by atomic mass is 16.5. The van der Waals surface area contributed by atoms with Gasteiger partial charge in [-0.1, -0.05) is 19.1 Å². The fourth-order valence-electron chi connectivity index (χ4n) is 3.78. The van der Waals surface area contributed by atoms with Crippen molar-refractivity contribution >= 4 is 11.7 Å². The van der Waals surface area contributed by atoms with Crippen LogP contribution < -0.4 is 15.0 Å². The lowest BCUT2D eigenvalue weighted by molar-refractivity contribution is 0.0945. The van der Waals surface area contributed by atoms with Crippen molar-refractivity contribution in [2.45, 2.75) is 33.2 Å². The van der Waals surface area contributed by atoms with Crippen LogP contribution in [0, 0.1) is 12.8 Å². The van der Waals surface area contributed by atoms with Crippen LogP contribution in [-0.4, -0.2) is 40.9 Å². The van der Waals surface area contributed by atoms with E-state index in [4.69, 9.17) is 4.74 Å². The lowest BCUT2D eigenvalue weighted by Crippen LogP contribution is -2.33. The molecule has 1 amide bonds. The molecular formula is C24H29N5O2. The van der Waals surface area contributed by atoms with Crippen LogP contribution >= 0.6 is 0 Å². The summed E-state index contributed by atoms with van der Waals surface area (Å²) in [4.78, 5) is 19.5. The first-order valence-electron chi connectivity index (χ1n) is 10.7. The number of nitrogens with zero attached hydrogens (tertiary/aromatic N) is 4. The standard InChI is InChI=1S/C24H29N5O2/c1-17-8-11-28(12-9-17)23-7-5-19(15-25-23)16-26-24(30)20-10-13-29(27-20)21-14-18(2)4-6-22(21)31-3/h4-7,10,13-15,17H,8-9,11-12,16H2,1-3H3,(H,26,30). The lowest BCUT2D eigenvalue weighted by Gasteiger charge is -2.31. The van der Waals surface area contributed by atoms with E-state index < -0.39 is 0 Å². The zero-order chi connectivity index (χ0) is 21.8. The summed E-state index contributed by atoms with van der Waals surface area (Å²) >= 11 is 0. The van der Waals surface area contributed by atoms with E-state index in [9.17, 15) is 4.79 Å². The number of piperidine rings is 1. The molecule has 2 aromatic heterocycles. The minimum Gasteiger partial charge on any atom is -0.494 e. The molecule has 7 heteroatoms. The molecular weight excluding hydrogens is 390 g/mol. The molecule has 1 N–H and O–H groups in total. The average Bonchev–Trinajstić information content (AvgIpc) is 3.29. The van der Waals surface area contributed by atoms with Crippen molar-refractivity contribution < 1.29 is 9.53 Å². The Hall–Kier alpha value is -3.35. The Morgan fingerprint density at radius 3 is 2.71 bits per heavy atom. The van der Waals surface area contributed by atoms with E-state index in [0.29, 0.717) is 18.0 Å². The van der Waals surface area contributed by atoms with Gasteiger partial charge in [0.25, 0.3) is 5.91 Å². The number of methoxy groups -OCH3 is 1. The highest BCUT2D eigenvalue weighted by molar-refractivity contribution is 5.92. The average molecular weight is 420 g/mol. The van der Waals surface area contributed by atoms with Crippen molar-refractivity contribution in [2.75, 3.05) is 25.1 Å². The van der Waals surface area contributed by atoms with Gasteiger partial charge in [0, 0.05) is 32.0 Å². The predicted molar refractivity (Wildman–Crippen MR) is 121 cm³/mol. The third-order valence-corrected chi connectivity index (χ3v) is 5.77. The number of ether oxygens (including phenoxy) is 1. The van der Waals surface area contributed by atoms with Gasteiger partial charge in [-0.2, -0.15) is 5.10 Å². The first-order valence-corrected chi connectivity index (χ1v) is 10.7. The summed E-state index contributed by atoms with van der Waals surface area (Å²) < 4.78 is 7.08. The number of benzene rings is 1. The highest BCUT2D eigenvalue weighted by Gasteiger charge is 2.17. The van der Waals surface area contributed by atoms with E-state index >= 15 is 0 Å². The first kappa shape index (κ1) is 20.9. The third kappa shape index (κ3) is 4.87. The van der Waals surface area contributed by atoms with Crippen molar-refractivity contribution in [2.24, 2.45) is 5.92 Å². The van der Waals surface area contributed by atoms with Gasteiger partial charge in [0.15, 0.2) is 5.69 Å². The van der Waals surface area contributed by atoms with Crippen LogP contribution in [0.1, 0.15) is 41.4 Å². The summed E-state index contributed by atoms with van der Waals surface area (Å²) in [5.74, 6) is 2.28. The summed E-state index contributed by atoms with van der Waals surface area (Å²) in [6.07, 6.45) is 6.02. The number of amides is 1. The number of aryl methyl sites for hydroxylation is 1. The number of aromatic nitrogens is 3. The zero-order valence-corrected chi connectivity index (χ0v) is 18.3. The normalized spacial score (nSPS) is 14.5. The molecule has 4 rings (SSSR count). The topological polar surface area (TPSA) is 72.3 Å². The Kier molecular flexibility index (Phi) is 6.21. The summed E-state index contributed by atoms with van der Waals surface area (Å²) in [6, 6.07) is 11.6. The quantitative estimate of drug-likeness (QED) is 0.659. The molecule has 0 atom stereocenters. The number of hydrogen-bond donors (Lipinski definition) is 1. The van der Waals surface area contributed by atoms with E-state index in [1.54, 1.807) is 24.1 Å². The number of rotatable bonds is 6. The molecule has 3 aromatic rings. The molecule has 0 spiro atoms. The maximum absolute atomic E-state index is 12.6. The molecule has 1 aliphatic heterocycles. The Balaban J connectivity index is 1.37. The monoisotopic (exact) mass is 419 g/mol. The molecule has 3 heterocycles. The van der Waals surface area contributed by atoms with Crippen LogP contribution in [0.25, 0.3) is 5.69 Å². The maximum Gasteiger partial charge on any atom is 0.272 e. The molecule has 0 saturated carbocycles. The molecule has 1 fully saturated rings. The fraction of sp³-hybridized carbons (Fsp3) is 0.375. The van der Waals surface area contributed by atoms with Crippen molar-refractivity contribution in [3.8, 4) is 11.4 Å². The van der Waals surface area contributed by atoms with Crippen LogP contribution in [0.15, 0.2) is 48.8 Å². The minimum atomic E-state index is -0.223. The number of carbonyl (C=O) groups is 1. The Morgan fingerprint density at radius 2 is 2.00 bits per heavy atom. The van der Waals surface area contributed by atoms with Gasteiger partial charge in [0.1, 0.15) is 17.3 Å². The van der Waals surface area contributed by atoms with Crippen molar-refractivity contribution in [3.63, 3.8) is 0 Å². The maximum atomic E-state index is 12.6. The highest BCUT2D eigenvalue weighted by Crippen LogP contribution is 2.24. The van der Waals surface area contributed by atoms with Crippen molar-refractivity contribution in [1.82, 2.24) is 20.1 Å². The predicted octanol–water partition coefficient (Wildman–Crippen LogP) is 3.75. The van der Waals surface area contributed by atoms with Gasteiger partial charge < -0.3 is 15.0 Å². The van der Waals surface area contributed by atoms with Gasteiger partial charge in [-0.3, -0.25) is 4.79 Å². The Bertz CT molecular complexity index is 1040. The molecule has 31 heavy (non-hydrogen) atoms. The van der Waals surface area contributed by atoms with Gasteiger partial charge >= 0.3 is 0 Å². The SMILES string of the molecule is COc1ccc(C)cc1-n1ccc(C(=O)NCc2ccc(N3CCC(C)CC3)nc2)n1. The first-order chi connectivity index (χ1) is 15.0. The summed E-state index contributed by atoms with van der Waals surface area (Å²) in [7, 11) is 1.62. The number of pyridine rings is 1. The number of carbonyl (C=O) groups excluding carboxylic acids is 1. The number of hydrogen-bond acceptors (Lipinski definition) is 5. The molecule has 0 aliphatic carbocycles. The van der Waals surface area contributed by atoms with Gasteiger partial charge in [-0.05, 0) is 61.1 Å². The molecule has 0 bridgehead atoms. The van der Waals surface area contributed by atoms with E-state index in [0.717, 1.165) is 41.6 Å². The molecule has 0 unspecified atom stereocenters. The van der Waals surface area contributed by atoms with E-state index in [2.05, 4.69) is 27.2 Å². The molecule has 0 radical (unpaired) electrons. The van der Waals surface area contributed by atoms with Crippen LogP contribution in [0.3, 0.4) is 0 Å². The van der Waals surface area contributed by atoms with Crippen molar-refractivity contribution in [1.29, 1.82) is 0 Å². The summed E-state index contributed by atoms with van der Waals surface area (Å²) in [5.41, 5.74) is 3.21. The van der Waals surface area contributed by atoms with Gasteiger partial charge in [-0.25, -0.2) is 9.67 Å². The van der Waals surface area contributed by atoms with Gasteiger partial charge in [-0.15, -0.1) is 0 Å².